The Morgan fingerprint density at radius 3 is 2.31 bits per heavy atom. The maximum absolute atomic E-state index is 13.4. The molecular formula is C28H35F3N2O2. The highest BCUT2D eigenvalue weighted by Gasteiger charge is 2.50. The van der Waals surface area contributed by atoms with Crippen LogP contribution in [0.2, 0.25) is 0 Å². The first-order valence-electron chi connectivity index (χ1n) is 12.4. The molecule has 2 saturated carbocycles. The summed E-state index contributed by atoms with van der Waals surface area (Å²) in [5.41, 5.74) is 0.0989. The van der Waals surface area contributed by atoms with Crippen molar-refractivity contribution in [2.24, 2.45) is 5.41 Å². The first kappa shape index (κ1) is 25.5. The van der Waals surface area contributed by atoms with E-state index in [4.69, 9.17) is 4.74 Å². The van der Waals surface area contributed by atoms with Crippen molar-refractivity contribution in [1.29, 1.82) is 0 Å². The maximum Gasteiger partial charge on any atom is 0.416 e. The number of nitrogens with zero attached hydrogens (tertiary/aromatic N) is 1. The van der Waals surface area contributed by atoms with Gasteiger partial charge in [-0.05, 0) is 57.2 Å². The molecule has 1 amide bonds. The number of alkyl halides is 3. The van der Waals surface area contributed by atoms with Gasteiger partial charge in [0, 0.05) is 37.0 Å². The summed E-state index contributed by atoms with van der Waals surface area (Å²) in [6.07, 6.45) is -0.874. The fourth-order valence-electron chi connectivity index (χ4n) is 5.06. The van der Waals surface area contributed by atoms with Gasteiger partial charge in [0.05, 0.1) is 5.56 Å². The van der Waals surface area contributed by atoms with Gasteiger partial charge in [0.15, 0.2) is 0 Å². The second-order valence-corrected chi connectivity index (χ2v) is 11.0. The number of benzene rings is 2. The molecule has 35 heavy (non-hydrogen) atoms. The predicted octanol–water partition coefficient (Wildman–Crippen LogP) is 6.76. The number of hydrogen-bond acceptors (Lipinski definition) is 3. The molecule has 2 aromatic carbocycles. The summed E-state index contributed by atoms with van der Waals surface area (Å²) in [7, 11) is 0. The van der Waals surface area contributed by atoms with Crippen molar-refractivity contribution < 1.29 is 22.7 Å². The molecule has 0 spiro atoms. The molecule has 0 bridgehead atoms. The Morgan fingerprint density at radius 2 is 1.71 bits per heavy atom. The first-order chi connectivity index (χ1) is 16.5. The molecule has 0 saturated heterocycles. The number of rotatable bonds is 8. The Balaban J connectivity index is 1.45. The van der Waals surface area contributed by atoms with Crippen LogP contribution in [0, 0.1) is 5.41 Å². The Morgan fingerprint density at radius 1 is 1.06 bits per heavy atom. The average Bonchev–Trinajstić information content (AvgIpc) is 3.54. The molecule has 190 valence electrons. The third kappa shape index (κ3) is 6.37. The van der Waals surface area contributed by atoms with Gasteiger partial charge in [-0.1, -0.05) is 55.0 Å². The summed E-state index contributed by atoms with van der Waals surface area (Å²) in [6, 6.07) is 16.0. The number of ether oxygens (including phenoxy) is 1. The summed E-state index contributed by atoms with van der Waals surface area (Å²) < 4.78 is 45.9. The van der Waals surface area contributed by atoms with E-state index in [0.717, 1.165) is 31.7 Å². The number of hydrogen-bond donors (Lipinski definition) is 1. The average molecular weight is 489 g/mol. The molecule has 0 aromatic heterocycles. The van der Waals surface area contributed by atoms with E-state index >= 15 is 0 Å². The van der Waals surface area contributed by atoms with Gasteiger partial charge in [-0.15, -0.1) is 0 Å². The molecule has 4 rings (SSSR count). The second kappa shape index (κ2) is 9.84. The Hall–Kier alpha value is -2.54. The van der Waals surface area contributed by atoms with E-state index in [1.54, 1.807) is 6.07 Å². The normalized spacial score (nSPS) is 21.2. The standard InChI is InChI=1S/C28H35F3N2O2/c1-26(2,3)35-25(34)33(24-16-22(24)20-10-5-4-6-11-20)19-27(14-9-15-27)18-32-17-21-12-7-8-13-23(21)28(29,30)31/h4-8,10-13,22,24,32H,9,14-19H2,1-3H3/t22?,24-/m0/s1. The lowest BCUT2D eigenvalue weighted by Crippen LogP contribution is -2.51. The minimum Gasteiger partial charge on any atom is -0.444 e. The van der Waals surface area contributed by atoms with Crippen molar-refractivity contribution in [3.05, 3.63) is 71.3 Å². The monoisotopic (exact) mass is 488 g/mol. The van der Waals surface area contributed by atoms with Crippen molar-refractivity contribution in [2.45, 2.75) is 76.7 Å². The topological polar surface area (TPSA) is 41.6 Å². The number of carbonyl (C=O) groups is 1. The van der Waals surface area contributed by atoms with Crippen molar-refractivity contribution in [3.63, 3.8) is 0 Å². The van der Waals surface area contributed by atoms with Crippen LogP contribution >= 0.6 is 0 Å². The molecule has 2 fully saturated rings. The van der Waals surface area contributed by atoms with E-state index in [2.05, 4.69) is 17.4 Å². The van der Waals surface area contributed by atoms with Crippen molar-refractivity contribution >= 4 is 6.09 Å². The van der Waals surface area contributed by atoms with Crippen LogP contribution in [0.3, 0.4) is 0 Å². The van der Waals surface area contributed by atoms with Crippen molar-refractivity contribution in [1.82, 2.24) is 10.2 Å². The number of nitrogens with one attached hydrogen (secondary N) is 1. The van der Waals surface area contributed by atoms with Crippen LogP contribution in [-0.2, 0) is 17.5 Å². The van der Waals surface area contributed by atoms with Crippen LogP contribution in [0.1, 0.15) is 69.1 Å². The smallest absolute Gasteiger partial charge is 0.416 e. The van der Waals surface area contributed by atoms with E-state index in [-0.39, 0.29) is 35.6 Å². The molecule has 2 aromatic rings. The van der Waals surface area contributed by atoms with Gasteiger partial charge in [0.25, 0.3) is 0 Å². The Kier molecular flexibility index (Phi) is 7.18. The summed E-state index contributed by atoms with van der Waals surface area (Å²) in [5, 5.41) is 3.27. The van der Waals surface area contributed by atoms with Crippen molar-refractivity contribution in [2.75, 3.05) is 13.1 Å². The zero-order valence-electron chi connectivity index (χ0n) is 20.7. The minimum absolute atomic E-state index is 0.0793. The molecule has 1 unspecified atom stereocenters. The number of amides is 1. The fraction of sp³-hybridized carbons (Fsp3) is 0.536. The van der Waals surface area contributed by atoms with E-state index in [1.807, 2.05) is 43.9 Å². The van der Waals surface area contributed by atoms with Crippen LogP contribution < -0.4 is 5.32 Å². The quantitative estimate of drug-likeness (QED) is 0.446. The highest BCUT2D eigenvalue weighted by molar-refractivity contribution is 5.69. The number of carbonyl (C=O) groups excluding carboxylic acids is 1. The Labute approximate surface area is 205 Å². The maximum atomic E-state index is 13.4. The molecule has 2 atom stereocenters. The van der Waals surface area contributed by atoms with Crippen LogP contribution in [0.25, 0.3) is 0 Å². The predicted molar refractivity (Wildman–Crippen MR) is 130 cm³/mol. The SMILES string of the molecule is CC(C)(C)OC(=O)N(CC1(CNCc2ccccc2C(F)(F)F)CCC1)[C@H]1CC1c1ccccc1. The second-order valence-electron chi connectivity index (χ2n) is 11.0. The molecule has 2 aliphatic rings. The summed E-state index contributed by atoms with van der Waals surface area (Å²) in [4.78, 5) is 15.1. The molecule has 2 aliphatic carbocycles. The number of halogens is 3. The molecule has 1 N–H and O–H groups in total. The highest BCUT2D eigenvalue weighted by Crippen LogP contribution is 2.49. The van der Waals surface area contributed by atoms with Crippen molar-refractivity contribution in [3.8, 4) is 0 Å². The zero-order valence-corrected chi connectivity index (χ0v) is 20.7. The summed E-state index contributed by atoms with van der Waals surface area (Å²) in [5.74, 6) is 0.285. The van der Waals surface area contributed by atoms with Gasteiger partial charge in [-0.2, -0.15) is 13.2 Å². The van der Waals surface area contributed by atoms with Gasteiger partial charge in [0.2, 0.25) is 0 Å². The van der Waals surface area contributed by atoms with Gasteiger partial charge in [-0.3, -0.25) is 0 Å². The molecular weight excluding hydrogens is 453 g/mol. The van der Waals surface area contributed by atoms with Crippen LogP contribution in [0.4, 0.5) is 18.0 Å². The van der Waals surface area contributed by atoms with E-state index < -0.39 is 17.3 Å². The summed E-state index contributed by atoms with van der Waals surface area (Å²) in [6.45, 7) is 6.83. The molecule has 0 aliphatic heterocycles. The van der Waals surface area contributed by atoms with Gasteiger partial charge < -0.3 is 15.0 Å². The summed E-state index contributed by atoms with van der Waals surface area (Å²) >= 11 is 0. The van der Waals surface area contributed by atoms with E-state index in [9.17, 15) is 18.0 Å². The van der Waals surface area contributed by atoms with Crippen LogP contribution in [0.15, 0.2) is 54.6 Å². The van der Waals surface area contributed by atoms with Gasteiger partial charge >= 0.3 is 12.3 Å². The lowest BCUT2D eigenvalue weighted by Gasteiger charge is -2.45. The third-order valence-corrected chi connectivity index (χ3v) is 7.07. The lowest BCUT2D eigenvalue weighted by atomic mass is 9.68. The molecule has 0 heterocycles. The van der Waals surface area contributed by atoms with Gasteiger partial charge in [0.1, 0.15) is 5.60 Å². The van der Waals surface area contributed by atoms with E-state index in [0.29, 0.717) is 13.1 Å². The highest BCUT2D eigenvalue weighted by atomic mass is 19.4. The van der Waals surface area contributed by atoms with Crippen LogP contribution in [0.5, 0.6) is 0 Å². The van der Waals surface area contributed by atoms with Crippen LogP contribution in [-0.4, -0.2) is 35.7 Å². The largest absolute Gasteiger partial charge is 0.444 e. The lowest BCUT2D eigenvalue weighted by molar-refractivity contribution is -0.138. The fourth-order valence-corrected chi connectivity index (χ4v) is 5.06. The Bertz CT molecular complexity index is 1010. The molecule has 0 radical (unpaired) electrons. The third-order valence-electron chi connectivity index (χ3n) is 7.07. The van der Waals surface area contributed by atoms with E-state index in [1.165, 1.54) is 17.7 Å². The minimum atomic E-state index is -4.38. The molecule has 7 heteroatoms. The first-order valence-corrected chi connectivity index (χ1v) is 12.4. The molecule has 4 nitrogen and oxygen atoms in total. The zero-order chi connectivity index (χ0) is 25.3. The van der Waals surface area contributed by atoms with Gasteiger partial charge in [-0.25, -0.2) is 4.79 Å².